The van der Waals surface area contributed by atoms with Crippen LogP contribution < -0.4 is 0 Å². The first-order chi connectivity index (χ1) is 13.4. The van der Waals surface area contributed by atoms with Crippen molar-refractivity contribution in [3.05, 3.63) is 45.5 Å². The molecule has 3 aliphatic rings. The molecule has 28 heavy (non-hydrogen) atoms. The lowest BCUT2D eigenvalue weighted by molar-refractivity contribution is 0.157. The van der Waals surface area contributed by atoms with Crippen molar-refractivity contribution in [2.24, 2.45) is 17.3 Å². The Labute approximate surface area is 173 Å². The molecular formula is C21H17Cl2N5. The lowest BCUT2D eigenvalue weighted by atomic mass is 9.53. The van der Waals surface area contributed by atoms with Gasteiger partial charge in [-0.3, -0.25) is 4.90 Å². The average Bonchev–Trinajstić information content (AvgIpc) is 2.93. The molecule has 1 aromatic rings. The highest BCUT2D eigenvalue weighted by molar-refractivity contribution is 6.42. The number of nitrogens with one attached hydrogen (secondary N) is 1. The molecule has 2 heterocycles. The van der Waals surface area contributed by atoms with E-state index in [1.165, 1.54) is 0 Å². The van der Waals surface area contributed by atoms with Crippen molar-refractivity contribution < 1.29 is 0 Å². The summed E-state index contributed by atoms with van der Waals surface area (Å²) in [4.78, 5) is 2.27. The summed E-state index contributed by atoms with van der Waals surface area (Å²) in [7, 11) is 2.04. The van der Waals surface area contributed by atoms with Gasteiger partial charge < -0.3 is 5.41 Å². The summed E-state index contributed by atoms with van der Waals surface area (Å²) in [5, 5.41) is 39.4. The number of nitrogens with zero attached hydrogens (tertiary/aromatic N) is 4. The third-order valence-electron chi connectivity index (χ3n) is 6.65. The van der Waals surface area contributed by atoms with Crippen molar-refractivity contribution in [1.29, 1.82) is 21.2 Å². The Bertz CT molecular complexity index is 1010. The lowest BCUT2D eigenvalue weighted by Gasteiger charge is -2.50. The van der Waals surface area contributed by atoms with Gasteiger partial charge in [0.1, 0.15) is 5.92 Å². The number of rotatable bonds is 1. The molecule has 5 atom stereocenters. The van der Waals surface area contributed by atoms with Crippen molar-refractivity contribution in [1.82, 2.24) is 4.90 Å². The molecule has 0 radical (unpaired) electrons. The maximum absolute atomic E-state index is 10.1. The smallest absolute Gasteiger partial charge is 0.189 e. The summed E-state index contributed by atoms with van der Waals surface area (Å²) in [6, 6.07) is 11.9. The van der Waals surface area contributed by atoms with Gasteiger partial charge in [0.05, 0.1) is 34.0 Å². The first-order valence-electron chi connectivity index (χ1n) is 9.09. The maximum atomic E-state index is 10.1. The number of nitriles is 3. The van der Waals surface area contributed by atoms with Gasteiger partial charge in [0.15, 0.2) is 5.41 Å². The van der Waals surface area contributed by atoms with Crippen LogP contribution in [0.4, 0.5) is 0 Å². The summed E-state index contributed by atoms with van der Waals surface area (Å²) in [5.41, 5.74) is -0.290. The van der Waals surface area contributed by atoms with E-state index >= 15 is 0 Å². The molecule has 2 fully saturated rings. The predicted molar refractivity (Wildman–Crippen MR) is 106 cm³/mol. The van der Waals surface area contributed by atoms with Crippen LogP contribution in [-0.2, 0) is 0 Å². The van der Waals surface area contributed by atoms with E-state index in [1.807, 2.05) is 7.05 Å². The molecule has 2 bridgehead atoms. The van der Waals surface area contributed by atoms with Crippen LogP contribution in [0.5, 0.6) is 0 Å². The Hall–Kier alpha value is -2.36. The summed E-state index contributed by atoms with van der Waals surface area (Å²) >= 11 is 12.3. The normalized spacial score (nSPS) is 33.2. The van der Waals surface area contributed by atoms with Gasteiger partial charge in [-0.25, -0.2) is 0 Å². The Morgan fingerprint density at radius 2 is 1.86 bits per heavy atom. The quantitative estimate of drug-likeness (QED) is 0.698. The van der Waals surface area contributed by atoms with Crippen LogP contribution in [0, 0.1) is 56.7 Å². The zero-order valence-corrected chi connectivity index (χ0v) is 16.7. The van der Waals surface area contributed by atoms with Crippen molar-refractivity contribution >= 4 is 28.9 Å². The number of benzene rings is 1. The van der Waals surface area contributed by atoms with Gasteiger partial charge in [-0.15, -0.1) is 0 Å². The molecule has 7 heteroatoms. The maximum Gasteiger partial charge on any atom is 0.189 e. The van der Waals surface area contributed by atoms with Crippen LogP contribution in [-0.4, -0.2) is 29.7 Å². The minimum Gasteiger partial charge on any atom is -0.305 e. The topological polar surface area (TPSA) is 98.5 Å². The Morgan fingerprint density at radius 1 is 1.14 bits per heavy atom. The van der Waals surface area contributed by atoms with Crippen LogP contribution in [0.1, 0.15) is 24.3 Å². The third-order valence-corrected chi connectivity index (χ3v) is 7.38. The Morgan fingerprint density at radius 3 is 2.46 bits per heavy atom. The highest BCUT2D eigenvalue weighted by Gasteiger charge is 2.61. The number of hydrogen-bond acceptors (Lipinski definition) is 5. The predicted octanol–water partition coefficient (Wildman–Crippen LogP) is 4.30. The van der Waals surface area contributed by atoms with Crippen molar-refractivity contribution in [3.63, 3.8) is 0 Å². The number of halogens is 2. The highest BCUT2D eigenvalue weighted by Crippen LogP contribution is 2.58. The third kappa shape index (κ3) is 2.36. The van der Waals surface area contributed by atoms with Crippen molar-refractivity contribution in [3.8, 4) is 18.2 Å². The Kier molecular flexibility index (Phi) is 4.48. The summed E-state index contributed by atoms with van der Waals surface area (Å²) in [6.45, 7) is 0. The molecule has 1 saturated heterocycles. The molecular weight excluding hydrogens is 393 g/mol. The second-order valence-corrected chi connectivity index (χ2v) is 8.54. The molecule has 1 N–H and O–H groups in total. The molecule has 0 spiro atoms. The summed E-state index contributed by atoms with van der Waals surface area (Å²) in [5.74, 6) is -1.65. The van der Waals surface area contributed by atoms with E-state index in [0.717, 1.165) is 18.4 Å². The summed E-state index contributed by atoms with van der Waals surface area (Å²) < 4.78 is 0. The van der Waals surface area contributed by atoms with Gasteiger partial charge in [0.25, 0.3) is 0 Å². The molecule has 2 aliphatic heterocycles. The summed E-state index contributed by atoms with van der Waals surface area (Å²) in [6.07, 6.45) is 3.97. The number of hydrogen-bond donors (Lipinski definition) is 1. The fraction of sp³-hybridized carbons (Fsp3) is 0.429. The van der Waals surface area contributed by atoms with Crippen LogP contribution in [0.15, 0.2) is 29.8 Å². The standard InChI is InChI=1S/C21H17Cl2N5/c1-28-12-3-5-17(28)18-13(7-12)14(8-24)20(27)21(9-25,10-26)19(18)11-2-4-15(22)16(23)6-11/h2,4,6-7,12,14,17-19,27H,3,5H2,1H3/t12-,14?,17+,18+,19+/m1/s1. The SMILES string of the molecule is CN1[C@H]2C=C3C(C#N)C(=N)C(C#N)(C#N)[C@@H](c4ccc(Cl)c(Cl)c4)[C@@H]3[C@@H]1CC2. The Balaban J connectivity index is 2.01. The minimum absolute atomic E-state index is 0.106. The van der Waals surface area contributed by atoms with Crippen molar-refractivity contribution in [2.75, 3.05) is 7.05 Å². The highest BCUT2D eigenvalue weighted by atomic mass is 35.5. The van der Waals surface area contributed by atoms with E-state index in [4.69, 9.17) is 28.6 Å². The molecule has 0 aromatic heterocycles. The first kappa shape index (κ1) is 19.0. The minimum atomic E-state index is -1.73. The zero-order chi connectivity index (χ0) is 20.2. The number of fused-ring (bicyclic) bond motifs is 4. The molecule has 1 saturated carbocycles. The molecule has 140 valence electrons. The molecule has 1 unspecified atom stereocenters. The van der Waals surface area contributed by atoms with E-state index < -0.39 is 17.3 Å². The molecule has 1 aliphatic carbocycles. The molecule has 1 aromatic carbocycles. The van der Waals surface area contributed by atoms with E-state index in [9.17, 15) is 15.8 Å². The van der Waals surface area contributed by atoms with Gasteiger partial charge in [-0.2, -0.15) is 15.8 Å². The monoisotopic (exact) mass is 409 g/mol. The van der Waals surface area contributed by atoms with E-state index in [0.29, 0.717) is 15.6 Å². The molecule has 0 amide bonds. The van der Waals surface area contributed by atoms with Gasteiger partial charge in [0.2, 0.25) is 0 Å². The van der Waals surface area contributed by atoms with Crippen LogP contribution in [0.2, 0.25) is 10.0 Å². The zero-order valence-electron chi connectivity index (χ0n) is 15.2. The van der Waals surface area contributed by atoms with E-state index in [1.54, 1.807) is 18.2 Å². The van der Waals surface area contributed by atoms with E-state index in [2.05, 4.69) is 29.2 Å². The lowest BCUT2D eigenvalue weighted by Crippen LogP contribution is -2.55. The van der Waals surface area contributed by atoms with Crippen LogP contribution in [0.3, 0.4) is 0 Å². The average molecular weight is 410 g/mol. The fourth-order valence-electron chi connectivity index (χ4n) is 5.31. The second kappa shape index (κ2) is 6.61. The van der Waals surface area contributed by atoms with Gasteiger partial charge in [0, 0.05) is 23.9 Å². The van der Waals surface area contributed by atoms with Crippen molar-refractivity contribution in [2.45, 2.75) is 30.8 Å². The van der Waals surface area contributed by atoms with Crippen LogP contribution >= 0.6 is 23.2 Å². The van der Waals surface area contributed by atoms with Gasteiger partial charge in [-0.1, -0.05) is 35.3 Å². The molecule has 5 nitrogen and oxygen atoms in total. The van der Waals surface area contributed by atoms with Gasteiger partial charge >= 0.3 is 0 Å². The largest absolute Gasteiger partial charge is 0.305 e. The fourth-order valence-corrected chi connectivity index (χ4v) is 5.61. The van der Waals surface area contributed by atoms with Gasteiger partial charge in [-0.05, 0) is 43.2 Å². The second-order valence-electron chi connectivity index (χ2n) is 7.73. The van der Waals surface area contributed by atoms with E-state index in [-0.39, 0.29) is 23.7 Å². The number of likely N-dealkylation sites (N-methyl/N-ethyl adjacent to an activating group) is 1. The molecule has 4 rings (SSSR count). The van der Waals surface area contributed by atoms with Crippen LogP contribution in [0.25, 0.3) is 0 Å². The first-order valence-corrected chi connectivity index (χ1v) is 9.84.